The highest BCUT2D eigenvalue weighted by Crippen LogP contribution is 2.23. The largest absolute Gasteiger partial charge is 0.467 e. The maximum Gasteiger partial charge on any atom is 0.336 e. The molecule has 60 heavy (non-hydrogen) atoms. The van der Waals surface area contributed by atoms with Crippen LogP contribution in [0.5, 0.6) is 0 Å². The number of ether oxygens (including phenoxy) is 2. The lowest BCUT2D eigenvalue weighted by Gasteiger charge is -2.34. The molecule has 16 nitrogen and oxygen atoms in total. The number of rotatable bonds is 23. The van der Waals surface area contributed by atoms with Crippen molar-refractivity contribution in [2.24, 2.45) is 23.7 Å². The predicted octanol–water partition coefficient (Wildman–Crippen LogP) is 2.51. The van der Waals surface area contributed by atoms with Gasteiger partial charge in [-0.2, -0.15) is 0 Å². The van der Waals surface area contributed by atoms with Crippen molar-refractivity contribution in [3.63, 3.8) is 0 Å². The third kappa shape index (κ3) is 14.9. The van der Waals surface area contributed by atoms with Crippen LogP contribution < -0.4 is 16.0 Å². The van der Waals surface area contributed by atoms with E-state index < -0.39 is 114 Å². The number of likely N-dealkylation sites (tertiary alicyclic amines) is 1. The Bertz CT molecular complexity index is 1590. The van der Waals surface area contributed by atoms with Crippen molar-refractivity contribution in [3.8, 4) is 0 Å². The Morgan fingerprint density at radius 3 is 2.03 bits per heavy atom. The van der Waals surface area contributed by atoms with Gasteiger partial charge >= 0.3 is 11.9 Å². The van der Waals surface area contributed by atoms with Gasteiger partial charge in [-0.15, -0.1) is 0 Å². The summed E-state index contributed by atoms with van der Waals surface area (Å²) in [5, 5.41) is 29.8. The molecule has 10 atom stereocenters. The maximum atomic E-state index is 14.1. The zero-order valence-electron chi connectivity index (χ0n) is 37.4. The number of hydrogen-bond acceptors (Lipinski definition) is 11. The van der Waals surface area contributed by atoms with Crippen LogP contribution in [0.4, 0.5) is 0 Å². The first kappa shape index (κ1) is 51.6. The van der Waals surface area contributed by atoms with Gasteiger partial charge in [-0.3, -0.25) is 24.0 Å². The van der Waals surface area contributed by atoms with Gasteiger partial charge in [0.15, 0.2) is 12.2 Å². The normalized spacial score (nSPS) is 18.5. The molecule has 0 aromatic heterocycles. The molecule has 1 aromatic carbocycles. The van der Waals surface area contributed by atoms with Crippen LogP contribution in [0, 0.1) is 23.7 Å². The molecule has 0 radical (unpaired) electrons. The Labute approximate surface area is 355 Å². The fourth-order valence-corrected chi connectivity index (χ4v) is 7.11. The van der Waals surface area contributed by atoms with Crippen molar-refractivity contribution in [1.82, 2.24) is 25.8 Å². The van der Waals surface area contributed by atoms with Crippen LogP contribution in [-0.4, -0.2) is 131 Å². The zero-order valence-corrected chi connectivity index (χ0v) is 37.4. The molecule has 0 spiro atoms. The van der Waals surface area contributed by atoms with Crippen molar-refractivity contribution in [2.75, 3.05) is 20.7 Å². The molecule has 1 aromatic rings. The van der Waals surface area contributed by atoms with Crippen LogP contribution in [0.1, 0.15) is 106 Å². The number of nitrogens with zero attached hydrogens (tertiary/aromatic N) is 2. The van der Waals surface area contributed by atoms with Gasteiger partial charge in [0.2, 0.25) is 23.6 Å². The van der Waals surface area contributed by atoms with Crippen LogP contribution in [-0.2, 0) is 49.5 Å². The number of aliphatic hydroxyl groups is 2. The van der Waals surface area contributed by atoms with E-state index in [4.69, 9.17) is 9.47 Å². The van der Waals surface area contributed by atoms with Crippen LogP contribution in [0.2, 0.25) is 0 Å². The van der Waals surface area contributed by atoms with E-state index in [0.717, 1.165) is 5.56 Å². The molecule has 0 aliphatic carbocycles. The summed E-state index contributed by atoms with van der Waals surface area (Å²) in [6.07, 6.45) is -2.14. The molecule has 0 saturated carbocycles. The van der Waals surface area contributed by atoms with Gasteiger partial charge in [0.25, 0.3) is 5.91 Å². The number of aliphatic hydroxyl groups excluding tert-OH is 2. The van der Waals surface area contributed by atoms with E-state index >= 15 is 0 Å². The summed E-state index contributed by atoms with van der Waals surface area (Å²) in [5.41, 5.74) is 0.790. The Morgan fingerprint density at radius 2 is 1.48 bits per heavy atom. The van der Waals surface area contributed by atoms with Gasteiger partial charge in [0.05, 0.1) is 25.7 Å². The van der Waals surface area contributed by atoms with Crippen molar-refractivity contribution < 1.29 is 53.2 Å². The maximum absolute atomic E-state index is 14.1. The SMILES string of the molecule is CCC(C)C(NC(=O)CC(O)C(CC(C)C)NC(=O)C(OC(=O)C(O)C(C)C)C(C)CC)C(=O)NC(C)C(=O)N(C)C(Cc1ccccc1)C(=O)N1CCCC1C(=O)OC. The second-order valence-electron chi connectivity index (χ2n) is 17.0. The highest BCUT2D eigenvalue weighted by Gasteiger charge is 2.41. The topological polar surface area (TPSA) is 221 Å². The van der Waals surface area contributed by atoms with Gasteiger partial charge in [-0.25, -0.2) is 9.59 Å². The van der Waals surface area contributed by atoms with E-state index in [0.29, 0.717) is 32.2 Å². The minimum atomic E-state index is -1.43. The number of amides is 5. The fraction of sp³-hybridized carbons (Fsp3) is 0.705. The summed E-state index contributed by atoms with van der Waals surface area (Å²) < 4.78 is 10.4. The van der Waals surface area contributed by atoms with E-state index in [1.165, 1.54) is 30.9 Å². The van der Waals surface area contributed by atoms with E-state index in [1.807, 2.05) is 58.0 Å². The zero-order chi connectivity index (χ0) is 45.4. The second kappa shape index (κ2) is 24.6. The smallest absolute Gasteiger partial charge is 0.336 e. The van der Waals surface area contributed by atoms with Crippen molar-refractivity contribution in [2.45, 2.75) is 156 Å². The number of nitrogens with one attached hydrogen (secondary N) is 3. The lowest BCUT2D eigenvalue weighted by atomic mass is 9.94. The highest BCUT2D eigenvalue weighted by molar-refractivity contribution is 5.95. The molecule has 1 saturated heterocycles. The summed E-state index contributed by atoms with van der Waals surface area (Å²) in [7, 11) is 2.74. The molecule has 16 heteroatoms. The van der Waals surface area contributed by atoms with E-state index in [9.17, 15) is 43.8 Å². The Kier molecular flexibility index (Phi) is 21.2. The monoisotopic (exact) mass is 846 g/mol. The fourth-order valence-electron chi connectivity index (χ4n) is 7.11. The molecule has 1 fully saturated rings. The number of carbonyl (C=O) groups is 7. The third-order valence-corrected chi connectivity index (χ3v) is 11.4. The lowest BCUT2D eigenvalue weighted by molar-refractivity contribution is -0.169. The Hall–Kier alpha value is -4.57. The molecular weight excluding hydrogens is 775 g/mol. The second-order valence-corrected chi connectivity index (χ2v) is 17.0. The molecule has 1 aliphatic heterocycles. The third-order valence-electron chi connectivity index (χ3n) is 11.4. The number of likely N-dealkylation sites (N-methyl/N-ethyl adjacent to an activating group) is 1. The van der Waals surface area contributed by atoms with E-state index in [1.54, 1.807) is 27.7 Å². The summed E-state index contributed by atoms with van der Waals surface area (Å²) in [5.74, 6) is -5.72. The van der Waals surface area contributed by atoms with Crippen molar-refractivity contribution in [3.05, 3.63) is 35.9 Å². The van der Waals surface area contributed by atoms with Gasteiger partial charge in [0, 0.05) is 25.9 Å². The lowest BCUT2D eigenvalue weighted by Crippen LogP contribution is -2.59. The number of methoxy groups -OCH3 is 1. The molecule has 338 valence electrons. The Morgan fingerprint density at radius 1 is 0.867 bits per heavy atom. The van der Waals surface area contributed by atoms with E-state index in [2.05, 4.69) is 16.0 Å². The van der Waals surface area contributed by atoms with Crippen LogP contribution in [0.3, 0.4) is 0 Å². The average molecular weight is 846 g/mol. The van der Waals surface area contributed by atoms with Crippen molar-refractivity contribution >= 4 is 41.5 Å². The number of carbonyl (C=O) groups excluding carboxylic acids is 7. The van der Waals surface area contributed by atoms with Crippen LogP contribution in [0.15, 0.2) is 30.3 Å². The van der Waals surface area contributed by atoms with Crippen LogP contribution in [0.25, 0.3) is 0 Å². The van der Waals surface area contributed by atoms with Gasteiger partial charge in [0.1, 0.15) is 24.2 Å². The molecule has 0 bridgehead atoms. The minimum absolute atomic E-state index is 0.0246. The van der Waals surface area contributed by atoms with Gasteiger partial charge in [-0.1, -0.05) is 92.1 Å². The van der Waals surface area contributed by atoms with Crippen LogP contribution >= 0.6 is 0 Å². The van der Waals surface area contributed by atoms with Gasteiger partial charge in [-0.05, 0) is 55.9 Å². The summed E-state index contributed by atoms with van der Waals surface area (Å²) in [6, 6.07) is 4.21. The number of benzene rings is 1. The van der Waals surface area contributed by atoms with E-state index in [-0.39, 0.29) is 18.8 Å². The first-order chi connectivity index (χ1) is 28.2. The predicted molar refractivity (Wildman–Crippen MR) is 225 cm³/mol. The molecular formula is C44H71N5O11. The first-order valence-corrected chi connectivity index (χ1v) is 21.3. The van der Waals surface area contributed by atoms with Crippen molar-refractivity contribution in [1.29, 1.82) is 0 Å². The average Bonchev–Trinajstić information content (AvgIpc) is 3.71. The quantitative estimate of drug-likeness (QED) is 0.101. The Balaban J connectivity index is 2.24. The summed E-state index contributed by atoms with van der Waals surface area (Å²) in [6.45, 7) is 16.0. The molecule has 5 N–H and O–H groups in total. The first-order valence-electron chi connectivity index (χ1n) is 21.3. The summed E-state index contributed by atoms with van der Waals surface area (Å²) in [4.78, 5) is 96.8. The van der Waals surface area contributed by atoms with Gasteiger partial charge < -0.3 is 45.4 Å². The summed E-state index contributed by atoms with van der Waals surface area (Å²) >= 11 is 0. The molecule has 10 unspecified atom stereocenters. The highest BCUT2D eigenvalue weighted by atomic mass is 16.6. The minimum Gasteiger partial charge on any atom is -0.467 e. The molecule has 1 aliphatic rings. The standard InChI is InChI=1S/C44H71N5O11/c1-12-27(7)36(47-35(51)24-34(50)31(22-25(3)4)46-40(54)38(28(8)13-2)60-44(58)37(52)26(5)6)39(53)45-29(9)41(55)48(10)33(23-30-18-15-14-16-19-30)42(56)49-21-17-20-32(49)43(57)59-11/h14-16,18-19,25-29,31-34,36-38,50,52H,12-13,17,20-24H2,1-11H3,(H,45,53)(H,46,54)(H,47,51). The number of hydrogen-bond donors (Lipinski definition) is 5. The number of esters is 2. The molecule has 1 heterocycles. The molecule has 2 rings (SSSR count). The molecule has 5 amide bonds.